The van der Waals surface area contributed by atoms with Crippen molar-refractivity contribution in [3.8, 4) is 0 Å². The van der Waals surface area contributed by atoms with Gasteiger partial charge in [0, 0.05) is 30.8 Å². The normalized spacial score (nSPS) is 10.9. The molecule has 1 heterocycles. The van der Waals surface area contributed by atoms with Crippen LogP contribution in [0.3, 0.4) is 0 Å². The lowest BCUT2D eigenvalue weighted by Crippen LogP contribution is -2.38. The van der Waals surface area contributed by atoms with Crippen LogP contribution in [0.5, 0.6) is 0 Å². The van der Waals surface area contributed by atoms with Crippen molar-refractivity contribution in [3.63, 3.8) is 0 Å². The fraction of sp³-hybridized carbons (Fsp3) is 0.368. The minimum atomic E-state index is 0. The van der Waals surface area contributed by atoms with Crippen LogP contribution in [0.25, 0.3) is 0 Å². The second-order valence-corrected chi connectivity index (χ2v) is 6.59. The molecular formula is C19H27IN4S. The first-order valence-electron chi connectivity index (χ1n) is 8.33. The molecule has 0 fully saturated rings. The van der Waals surface area contributed by atoms with Crippen LogP contribution in [-0.2, 0) is 12.3 Å². The molecule has 0 atom stereocenters. The van der Waals surface area contributed by atoms with Crippen molar-refractivity contribution in [2.24, 2.45) is 4.99 Å². The third-order valence-electron chi connectivity index (χ3n) is 3.40. The summed E-state index contributed by atoms with van der Waals surface area (Å²) in [4.78, 5) is 8.87. The fourth-order valence-electron chi connectivity index (χ4n) is 2.11. The molecule has 0 unspecified atom stereocenters. The molecule has 2 aromatic rings. The highest BCUT2D eigenvalue weighted by Crippen LogP contribution is 2.12. The highest BCUT2D eigenvalue weighted by molar-refractivity contribution is 14.0. The summed E-state index contributed by atoms with van der Waals surface area (Å²) in [5.74, 6) is 2.94. The van der Waals surface area contributed by atoms with Gasteiger partial charge in [0.1, 0.15) is 0 Å². The van der Waals surface area contributed by atoms with Crippen molar-refractivity contribution >= 4 is 41.7 Å². The molecule has 0 aliphatic carbocycles. The number of nitrogens with one attached hydrogen (secondary N) is 2. The van der Waals surface area contributed by atoms with E-state index in [2.05, 4.69) is 58.7 Å². The first-order valence-corrected chi connectivity index (χ1v) is 9.49. The summed E-state index contributed by atoms with van der Waals surface area (Å²) in [5, 5.41) is 6.65. The first kappa shape index (κ1) is 21.8. The van der Waals surface area contributed by atoms with E-state index in [1.54, 1.807) is 6.20 Å². The quantitative estimate of drug-likeness (QED) is 0.265. The minimum absolute atomic E-state index is 0. The van der Waals surface area contributed by atoms with E-state index in [1.165, 1.54) is 11.1 Å². The third kappa shape index (κ3) is 9.11. The van der Waals surface area contributed by atoms with Crippen molar-refractivity contribution in [1.82, 2.24) is 15.6 Å². The van der Waals surface area contributed by atoms with Gasteiger partial charge in [-0.2, -0.15) is 11.8 Å². The summed E-state index contributed by atoms with van der Waals surface area (Å²) in [6.45, 7) is 6.53. The first-order chi connectivity index (χ1) is 11.8. The lowest BCUT2D eigenvalue weighted by molar-refractivity contribution is 0.837. The van der Waals surface area contributed by atoms with E-state index in [9.17, 15) is 0 Å². The number of benzene rings is 1. The number of halogens is 1. The SMILES string of the molecule is CCNC(=NCc1ccccn1)NCCSCc1ccc(C)cc1.I. The number of hydrogen-bond acceptors (Lipinski definition) is 3. The number of pyridine rings is 1. The molecule has 0 saturated heterocycles. The Morgan fingerprint density at radius 2 is 1.92 bits per heavy atom. The molecule has 4 nitrogen and oxygen atoms in total. The molecule has 0 spiro atoms. The molecule has 136 valence electrons. The van der Waals surface area contributed by atoms with Crippen molar-refractivity contribution in [2.45, 2.75) is 26.1 Å². The zero-order valence-corrected chi connectivity index (χ0v) is 18.0. The van der Waals surface area contributed by atoms with Crippen LogP contribution < -0.4 is 10.6 Å². The Morgan fingerprint density at radius 3 is 2.60 bits per heavy atom. The lowest BCUT2D eigenvalue weighted by atomic mass is 10.2. The summed E-state index contributed by atoms with van der Waals surface area (Å²) in [7, 11) is 0. The third-order valence-corrected chi connectivity index (χ3v) is 4.43. The predicted octanol–water partition coefficient (Wildman–Crippen LogP) is 4.00. The van der Waals surface area contributed by atoms with Crippen molar-refractivity contribution < 1.29 is 0 Å². The van der Waals surface area contributed by atoms with Gasteiger partial charge in [0.15, 0.2) is 5.96 Å². The zero-order chi connectivity index (χ0) is 17.0. The largest absolute Gasteiger partial charge is 0.357 e. The number of aryl methyl sites for hydroxylation is 1. The standard InChI is InChI=1S/C19H26N4S.HI/c1-3-20-19(23-14-18-6-4-5-11-21-18)22-12-13-24-15-17-9-7-16(2)8-10-17;/h4-11H,3,12-15H2,1-2H3,(H2,20,22,23);1H. The van der Waals surface area contributed by atoms with Gasteiger partial charge in [-0.1, -0.05) is 35.9 Å². The van der Waals surface area contributed by atoms with Crippen LogP contribution >= 0.6 is 35.7 Å². The number of hydrogen-bond donors (Lipinski definition) is 2. The Labute approximate surface area is 172 Å². The van der Waals surface area contributed by atoms with Crippen molar-refractivity contribution in [2.75, 3.05) is 18.8 Å². The van der Waals surface area contributed by atoms with Gasteiger partial charge >= 0.3 is 0 Å². The Kier molecular flexibility index (Phi) is 11.3. The molecule has 2 N–H and O–H groups in total. The number of aliphatic imine (C=N–C) groups is 1. The highest BCUT2D eigenvalue weighted by Gasteiger charge is 1.98. The average Bonchev–Trinajstić information content (AvgIpc) is 2.62. The average molecular weight is 470 g/mol. The Balaban J connectivity index is 0.00000312. The molecule has 0 amide bonds. The molecule has 2 rings (SSSR count). The van der Waals surface area contributed by atoms with Crippen LogP contribution in [-0.4, -0.2) is 29.8 Å². The Hall–Kier alpha value is -1.28. The van der Waals surface area contributed by atoms with Crippen molar-refractivity contribution in [3.05, 3.63) is 65.5 Å². The maximum Gasteiger partial charge on any atom is 0.191 e. The van der Waals surface area contributed by atoms with Crippen LogP contribution in [0.4, 0.5) is 0 Å². The van der Waals surface area contributed by atoms with Gasteiger partial charge in [0.05, 0.1) is 12.2 Å². The molecule has 25 heavy (non-hydrogen) atoms. The molecule has 6 heteroatoms. The van der Waals surface area contributed by atoms with E-state index in [-0.39, 0.29) is 24.0 Å². The van der Waals surface area contributed by atoms with Crippen LogP contribution in [0.1, 0.15) is 23.7 Å². The van der Waals surface area contributed by atoms with Gasteiger partial charge in [0.2, 0.25) is 0 Å². The number of guanidine groups is 1. The zero-order valence-electron chi connectivity index (χ0n) is 14.9. The van der Waals surface area contributed by atoms with E-state index < -0.39 is 0 Å². The second kappa shape index (κ2) is 13.0. The monoisotopic (exact) mass is 470 g/mol. The molecular weight excluding hydrogens is 443 g/mol. The summed E-state index contributed by atoms with van der Waals surface area (Å²) < 4.78 is 0. The van der Waals surface area contributed by atoms with Crippen molar-refractivity contribution in [1.29, 1.82) is 0 Å². The molecule has 0 aliphatic heterocycles. The fourth-order valence-corrected chi connectivity index (χ4v) is 2.93. The molecule has 0 radical (unpaired) electrons. The van der Waals surface area contributed by atoms with Crippen LogP contribution in [0.15, 0.2) is 53.7 Å². The molecule has 1 aromatic heterocycles. The molecule has 0 bridgehead atoms. The van der Waals surface area contributed by atoms with Gasteiger partial charge in [-0.05, 0) is 31.5 Å². The van der Waals surface area contributed by atoms with Gasteiger partial charge in [-0.3, -0.25) is 4.98 Å². The summed E-state index contributed by atoms with van der Waals surface area (Å²) in [6.07, 6.45) is 1.80. The number of thioether (sulfide) groups is 1. The van der Waals surface area contributed by atoms with Crippen LogP contribution in [0.2, 0.25) is 0 Å². The Morgan fingerprint density at radius 1 is 1.12 bits per heavy atom. The maximum absolute atomic E-state index is 4.57. The maximum atomic E-state index is 4.57. The molecule has 0 aliphatic rings. The van der Waals surface area contributed by atoms with E-state index in [1.807, 2.05) is 30.0 Å². The van der Waals surface area contributed by atoms with E-state index >= 15 is 0 Å². The summed E-state index contributed by atoms with van der Waals surface area (Å²) >= 11 is 1.93. The van der Waals surface area contributed by atoms with Crippen LogP contribution in [0, 0.1) is 6.92 Å². The smallest absolute Gasteiger partial charge is 0.191 e. The highest BCUT2D eigenvalue weighted by atomic mass is 127. The van der Waals surface area contributed by atoms with Gasteiger partial charge < -0.3 is 10.6 Å². The number of aromatic nitrogens is 1. The van der Waals surface area contributed by atoms with E-state index in [0.717, 1.165) is 36.2 Å². The number of nitrogens with zero attached hydrogens (tertiary/aromatic N) is 2. The van der Waals surface area contributed by atoms with Gasteiger partial charge in [-0.25, -0.2) is 4.99 Å². The van der Waals surface area contributed by atoms with E-state index in [4.69, 9.17) is 0 Å². The molecule has 1 aromatic carbocycles. The van der Waals surface area contributed by atoms with Gasteiger partial charge in [0.25, 0.3) is 0 Å². The number of rotatable bonds is 8. The minimum Gasteiger partial charge on any atom is -0.357 e. The predicted molar refractivity (Wildman–Crippen MR) is 120 cm³/mol. The van der Waals surface area contributed by atoms with Gasteiger partial charge in [-0.15, -0.1) is 24.0 Å². The second-order valence-electron chi connectivity index (χ2n) is 5.48. The molecule has 0 saturated carbocycles. The Bertz CT molecular complexity index is 617. The summed E-state index contributed by atoms with van der Waals surface area (Å²) in [5.41, 5.74) is 3.66. The van der Waals surface area contributed by atoms with E-state index in [0.29, 0.717) is 6.54 Å². The lowest BCUT2D eigenvalue weighted by Gasteiger charge is -2.11. The topological polar surface area (TPSA) is 49.3 Å². The summed E-state index contributed by atoms with van der Waals surface area (Å²) in [6, 6.07) is 14.6.